The van der Waals surface area contributed by atoms with Crippen LogP contribution < -0.4 is 25.3 Å². The fourth-order valence-corrected chi connectivity index (χ4v) is 4.61. The summed E-state index contributed by atoms with van der Waals surface area (Å²) in [6.07, 6.45) is 3.51. The molecule has 0 radical (unpaired) electrons. The van der Waals surface area contributed by atoms with E-state index in [1.807, 2.05) is 0 Å². The van der Waals surface area contributed by atoms with Crippen LogP contribution in [0.15, 0.2) is 36.4 Å². The third kappa shape index (κ3) is 5.79. The van der Waals surface area contributed by atoms with Crippen molar-refractivity contribution < 1.29 is 0 Å². The number of piperazine rings is 1. The second-order valence-corrected chi connectivity index (χ2v) is 9.20. The van der Waals surface area contributed by atoms with Gasteiger partial charge in [-0.3, -0.25) is 0 Å². The molecule has 1 aromatic carbocycles. The van der Waals surface area contributed by atoms with Crippen LogP contribution in [-0.2, 0) is 0 Å². The van der Waals surface area contributed by atoms with E-state index in [0.29, 0.717) is 17.0 Å². The Labute approximate surface area is 197 Å². The molecular weight excluding hydrogens is 418 g/mol. The molecule has 0 spiro atoms. The molecule has 4 rings (SSSR count). The lowest BCUT2D eigenvalue weighted by Gasteiger charge is -2.37. The Morgan fingerprint density at radius 1 is 1.00 bits per heavy atom. The van der Waals surface area contributed by atoms with Gasteiger partial charge in [0.05, 0.1) is 0 Å². The summed E-state index contributed by atoms with van der Waals surface area (Å²) >= 11 is 5.45. The zero-order valence-corrected chi connectivity index (χ0v) is 20.1. The van der Waals surface area contributed by atoms with Crippen molar-refractivity contribution in [1.82, 2.24) is 15.3 Å². The monoisotopic (exact) mass is 453 g/mol. The predicted octanol–water partition coefficient (Wildman–Crippen LogP) is 3.74. The second kappa shape index (κ2) is 10.8. The van der Waals surface area contributed by atoms with Crippen molar-refractivity contribution in [3.8, 4) is 0 Å². The molecule has 0 saturated carbocycles. The summed E-state index contributed by atoms with van der Waals surface area (Å²) in [5, 5.41) is 7.01. The Morgan fingerprint density at radius 2 is 1.69 bits per heavy atom. The van der Waals surface area contributed by atoms with E-state index in [1.165, 1.54) is 18.5 Å². The number of rotatable bonds is 6. The number of benzene rings is 1. The molecule has 0 aliphatic carbocycles. The van der Waals surface area contributed by atoms with E-state index >= 15 is 0 Å². The molecule has 1 atom stereocenters. The van der Waals surface area contributed by atoms with Crippen molar-refractivity contribution in [2.24, 2.45) is 5.92 Å². The van der Waals surface area contributed by atoms with E-state index in [2.05, 4.69) is 75.6 Å². The van der Waals surface area contributed by atoms with Crippen molar-refractivity contribution in [3.05, 3.63) is 36.4 Å². The van der Waals surface area contributed by atoms with Gasteiger partial charge in [-0.2, -0.15) is 9.97 Å². The van der Waals surface area contributed by atoms with Crippen LogP contribution in [-0.4, -0.2) is 60.9 Å². The smallest absolute Gasteiger partial charge is 0.232 e. The van der Waals surface area contributed by atoms with Gasteiger partial charge in [-0.05, 0) is 49.5 Å². The van der Waals surface area contributed by atoms with Crippen molar-refractivity contribution in [3.63, 3.8) is 0 Å². The highest BCUT2D eigenvalue weighted by Crippen LogP contribution is 2.27. The quantitative estimate of drug-likeness (QED) is 0.642. The Hall–Kier alpha value is -2.61. The SMILES string of the molecule is CCCNC(=S)Nc1nc(N2CCN(c3ccccc3)CC2)cc(N2CCC[C@H](C)C2)n1. The average Bonchev–Trinajstić information content (AvgIpc) is 2.83. The first kappa shape index (κ1) is 22.6. The van der Waals surface area contributed by atoms with Crippen LogP contribution in [0.25, 0.3) is 0 Å². The van der Waals surface area contributed by atoms with Crippen LogP contribution >= 0.6 is 12.2 Å². The summed E-state index contributed by atoms with van der Waals surface area (Å²) in [5.74, 6) is 3.23. The maximum atomic E-state index is 5.45. The number of anilines is 4. The Morgan fingerprint density at radius 3 is 2.38 bits per heavy atom. The molecule has 0 unspecified atom stereocenters. The number of piperidine rings is 1. The molecule has 2 aliphatic rings. The van der Waals surface area contributed by atoms with Gasteiger partial charge in [-0.1, -0.05) is 32.0 Å². The van der Waals surface area contributed by atoms with Crippen molar-refractivity contribution >= 4 is 40.6 Å². The molecule has 172 valence electrons. The van der Waals surface area contributed by atoms with E-state index in [-0.39, 0.29) is 0 Å². The van der Waals surface area contributed by atoms with Crippen molar-refractivity contribution in [2.75, 3.05) is 65.8 Å². The Balaban J connectivity index is 1.51. The Kier molecular flexibility index (Phi) is 7.63. The third-order valence-electron chi connectivity index (χ3n) is 6.17. The van der Waals surface area contributed by atoms with Crippen LogP contribution in [0.5, 0.6) is 0 Å². The largest absolute Gasteiger partial charge is 0.368 e. The van der Waals surface area contributed by atoms with Crippen LogP contribution in [0.3, 0.4) is 0 Å². The first-order valence-corrected chi connectivity index (χ1v) is 12.3. The third-order valence-corrected chi connectivity index (χ3v) is 6.41. The van der Waals surface area contributed by atoms with Gasteiger partial charge >= 0.3 is 0 Å². The lowest BCUT2D eigenvalue weighted by Crippen LogP contribution is -2.47. The molecule has 2 aliphatic heterocycles. The lowest BCUT2D eigenvalue weighted by molar-refractivity contribution is 0.444. The standard InChI is InChI=1S/C24H35N7S/c1-3-11-25-24(32)28-23-26-21(17-22(27-23)31-12-7-8-19(2)18-31)30-15-13-29(14-16-30)20-9-5-4-6-10-20/h4-6,9-10,17,19H,3,7-8,11-16,18H2,1-2H3,(H2,25,26,27,28,32)/t19-/m0/s1. The minimum atomic E-state index is 0.579. The minimum absolute atomic E-state index is 0.579. The number of hydrogen-bond donors (Lipinski definition) is 2. The van der Waals surface area contributed by atoms with Gasteiger partial charge in [0.2, 0.25) is 5.95 Å². The van der Waals surface area contributed by atoms with Crippen molar-refractivity contribution in [1.29, 1.82) is 0 Å². The van der Waals surface area contributed by atoms with Crippen molar-refractivity contribution in [2.45, 2.75) is 33.1 Å². The minimum Gasteiger partial charge on any atom is -0.368 e. The molecule has 0 amide bonds. The molecule has 2 saturated heterocycles. The fourth-order valence-electron chi connectivity index (χ4n) is 4.42. The topological polar surface area (TPSA) is 59.6 Å². The van der Waals surface area contributed by atoms with Crippen LogP contribution in [0.2, 0.25) is 0 Å². The molecular formula is C24H35N7S. The molecule has 7 nitrogen and oxygen atoms in total. The summed E-state index contributed by atoms with van der Waals surface area (Å²) in [4.78, 5) is 16.9. The number of para-hydroxylation sites is 1. The van der Waals surface area contributed by atoms with E-state index in [1.54, 1.807) is 0 Å². The number of aromatic nitrogens is 2. The normalized spacial score (nSPS) is 19.1. The van der Waals surface area contributed by atoms with E-state index in [4.69, 9.17) is 22.2 Å². The van der Waals surface area contributed by atoms with Crippen LogP contribution in [0.4, 0.5) is 23.3 Å². The molecule has 1 aromatic heterocycles. The molecule has 0 bridgehead atoms. The van der Waals surface area contributed by atoms with E-state index < -0.39 is 0 Å². The maximum absolute atomic E-state index is 5.45. The number of nitrogens with zero attached hydrogens (tertiary/aromatic N) is 5. The van der Waals surface area contributed by atoms with Gasteiger partial charge in [-0.15, -0.1) is 0 Å². The highest BCUT2D eigenvalue weighted by Gasteiger charge is 2.23. The van der Waals surface area contributed by atoms with E-state index in [0.717, 1.165) is 63.9 Å². The number of thiocarbonyl (C=S) groups is 1. The van der Waals surface area contributed by atoms with E-state index in [9.17, 15) is 0 Å². The summed E-state index contributed by atoms with van der Waals surface area (Å²) in [5.41, 5.74) is 1.28. The highest BCUT2D eigenvalue weighted by molar-refractivity contribution is 7.80. The van der Waals surface area contributed by atoms with Crippen LogP contribution in [0, 0.1) is 5.92 Å². The summed E-state index contributed by atoms with van der Waals surface area (Å²) in [6.45, 7) is 11.2. The van der Waals surface area contributed by atoms with Crippen LogP contribution in [0.1, 0.15) is 33.1 Å². The number of nitrogens with one attached hydrogen (secondary N) is 2. The molecule has 2 aromatic rings. The van der Waals surface area contributed by atoms with Gasteiger partial charge < -0.3 is 25.3 Å². The molecule has 2 N–H and O–H groups in total. The van der Waals surface area contributed by atoms with Gasteiger partial charge in [0.1, 0.15) is 11.6 Å². The molecule has 3 heterocycles. The summed E-state index contributed by atoms with van der Waals surface area (Å²) in [6, 6.07) is 12.8. The molecule has 2 fully saturated rings. The predicted molar refractivity (Wildman–Crippen MR) is 138 cm³/mol. The summed E-state index contributed by atoms with van der Waals surface area (Å²) in [7, 11) is 0. The highest BCUT2D eigenvalue weighted by atomic mass is 32.1. The first-order valence-electron chi connectivity index (χ1n) is 11.9. The number of hydrogen-bond acceptors (Lipinski definition) is 6. The summed E-state index contributed by atoms with van der Waals surface area (Å²) < 4.78 is 0. The molecule has 32 heavy (non-hydrogen) atoms. The van der Waals surface area contributed by atoms with Gasteiger partial charge in [0, 0.05) is 57.6 Å². The fraction of sp³-hybridized carbons (Fsp3) is 0.542. The Bertz CT molecular complexity index is 883. The van der Waals surface area contributed by atoms with Gasteiger partial charge in [0.15, 0.2) is 5.11 Å². The second-order valence-electron chi connectivity index (χ2n) is 8.79. The van der Waals surface area contributed by atoms with Gasteiger partial charge in [-0.25, -0.2) is 0 Å². The first-order chi connectivity index (χ1) is 15.6. The zero-order chi connectivity index (χ0) is 22.3. The molecule has 8 heteroatoms. The maximum Gasteiger partial charge on any atom is 0.232 e. The zero-order valence-electron chi connectivity index (χ0n) is 19.3. The van der Waals surface area contributed by atoms with Gasteiger partial charge in [0.25, 0.3) is 0 Å². The lowest BCUT2D eigenvalue weighted by atomic mass is 10.0. The average molecular weight is 454 g/mol.